The first kappa shape index (κ1) is 14.3. The molecule has 3 nitrogen and oxygen atoms in total. The second-order valence-corrected chi connectivity index (χ2v) is 7.14. The van der Waals surface area contributed by atoms with Crippen LogP contribution < -0.4 is 5.32 Å². The molecule has 1 N–H and O–H groups in total. The van der Waals surface area contributed by atoms with Gasteiger partial charge in [0.15, 0.2) is 0 Å². The van der Waals surface area contributed by atoms with E-state index in [9.17, 15) is 0 Å². The molecule has 0 saturated heterocycles. The quantitative estimate of drug-likeness (QED) is 0.850. The SMILES string of the molecule is Cc1cnn(CCNCc2ccc(C(C)(C)C)s2)c1. The van der Waals surface area contributed by atoms with Gasteiger partial charge in [-0.05, 0) is 30.0 Å². The van der Waals surface area contributed by atoms with E-state index in [4.69, 9.17) is 0 Å². The highest BCUT2D eigenvalue weighted by Gasteiger charge is 2.15. The third-order valence-corrected chi connectivity index (χ3v) is 4.49. The predicted molar refractivity (Wildman–Crippen MR) is 81.7 cm³/mol. The summed E-state index contributed by atoms with van der Waals surface area (Å²) in [5, 5.41) is 7.75. The number of nitrogens with one attached hydrogen (secondary N) is 1. The molecule has 0 spiro atoms. The number of thiophene rings is 1. The molecular weight excluding hydrogens is 254 g/mol. The second kappa shape index (κ2) is 5.88. The molecule has 0 aromatic carbocycles. The zero-order valence-corrected chi connectivity index (χ0v) is 13.0. The molecule has 2 aromatic heterocycles. The molecule has 0 aliphatic carbocycles. The number of rotatable bonds is 5. The summed E-state index contributed by atoms with van der Waals surface area (Å²) in [6.45, 7) is 11.7. The smallest absolute Gasteiger partial charge is 0.0534 e. The van der Waals surface area contributed by atoms with Gasteiger partial charge in [0.25, 0.3) is 0 Å². The maximum Gasteiger partial charge on any atom is 0.0534 e. The van der Waals surface area contributed by atoms with Gasteiger partial charge in [0.2, 0.25) is 0 Å². The molecule has 0 aliphatic rings. The van der Waals surface area contributed by atoms with E-state index in [1.54, 1.807) is 0 Å². The van der Waals surface area contributed by atoms with Crippen LogP contribution in [0, 0.1) is 6.92 Å². The highest BCUT2D eigenvalue weighted by molar-refractivity contribution is 7.12. The van der Waals surface area contributed by atoms with Crippen LogP contribution in [0.4, 0.5) is 0 Å². The molecule has 2 heterocycles. The zero-order chi connectivity index (χ0) is 13.9. The van der Waals surface area contributed by atoms with Gasteiger partial charge < -0.3 is 5.32 Å². The van der Waals surface area contributed by atoms with Gasteiger partial charge in [0.05, 0.1) is 12.7 Å². The van der Waals surface area contributed by atoms with E-state index in [0.29, 0.717) is 0 Å². The lowest BCUT2D eigenvalue weighted by molar-refractivity contribution is 0.556. The van der Waals surface area contributed by atoms with Gasteiger partial charge in [-0.15, -0.1) is 11.3 Å². The maximum atomic E-state index is 4.28. The van der Waals surface area contributed by atoms with Crippen molar-refractivity contribution >= 4 is 11.3 Å². The maximum absolute atomic E-state index is 4.28. The van der Waals surface area contributed by atoms with Gasteiger partial charge in [-0.2, -0.15) is 5.10 Å². The van der Waals surface area contributed by atoms with E-state index < -0.39 is 0 Å². The summed E-state index contributed by atoms with van der Waals surface area (Å²) in [7, 11) is 0. The standard InChI is InChI=1S/C15H23N3S/c1-12-9-17-18(11-12)8-7-16-10-13-5-6-14(19-13)15(2,3)4/h5-6,9,11,16H,7-8,10H2,1-4H3. The van der Waals surface area contributed by atoms with Crippen LogP contribution in [0.1, 0.15) is 36.1 Å². The highest BCUT2D eigenvalue weighted by atomic mass is 32.1. The van der Waals surface area contributed by atoms with Crippen molar-refractivity contribution in [1.82, 2.24) is 15.1 Å². The average Bonchev–Trinajstić information content (AvgIpc) is 2.93. The molecule has 0 bridgehead atoms. The molecule has 4 heteroatoms. The van der Waals surface area contributed by atoms with E-state index in [2.05, 4.69) is 56.4 Å². The number of hydrogen-bond donors (Lipinski definition) is 1. The number of nitrogens with zero attached hydrogens (tertiary/aromatic N) is 2. The Kier molecular flexibility index (Phi) is 4.42. The topological polar surface area (TPSA) is 29.9 Å². The van der Waals surface area contributed by atoms with Crippen LogP contribution in [-0.4, -0.2) is 16.3 Å². The van der Waals surface area contributed by atoms with Crippen LogP contribution in [-0.2, 0) is 18.5 Å². The molecule has 0 atom stereocenters. The molecule has 19 heavy (non-hydrogen) atoms. The van der Waals surface area contributed by atoms with Gasteiger partial charge >= 0.3 is 0 Å². The van der Waals surface area contributed by atoms with Crippen LogP contribution in [0.5, 0.6) is 0 Å². The summed E-state index contributed by atoms with van der Waals surface area (Å²) in [5.74, 6) is 0. The minimum Gasteiger partial charge on any atom is -0.310 e. The minimum atomic E-state index is 0.259. The van der Waals surface area contributed by atoms with Crippen molar-refractivity contribution in [2.45, 2.75) is 46.2 Å². The van der Waals surface area contributed by atoms with Crippen molar-refractivity contribution in [3.63, 3.8) is 0 Å². The van der Waals surface area contributed by atoms with Crippen molar-refractivity contribution in [2.75, 3.05) is 6.54 Å². The van der Waals surface area contributed by atoms with Gasteiger partial charge in [-0.25, -0.2) is 0 Å². The number of hydrogen-bond acceptors (Lipinski definition) is 3. The predicted octanol–water partition coefficient (Wildman–Crippen LogP) is 3.34. The molecule has 0 radical (unpaired) electrons. The van der Waals surface area contributed by atoms with Gasteiger partial charge in [-0.1, -0.05) is 20.8 Å². The Morgan fingerprint density at radius 2 is 2.11 bits per heavy atom. The molecule has 0 aliphatic heterocycles. The van der Waals surface area contributed by atoms with Crippen LogP contribution in [0.2, 0.25) is 0 Å². The first-order valence-electron chi connectivity index (χ1n) is 6.74. The van der Waals surface area contributed by atoms with E-state index >= 15 is 0 Å². The summed E-state index contributed by atoms with van der Waals surface area (Å²) >= 11 is 1.91. The molecule has 2 aromatic rings. The number of aryl methyl sites for hydroxylation is 1. The first-order valence-corrected chi connectivity index (χ1v) is 7.56. The molecule has 0 amide bonds. The minimum absolute atomic E-state index is 0.259. The van der Waals surface area contributed by atoms with E-state index in [0.717, 1.165) is 19.6 Å². The number of aromatic nitrogens is 2. The van der Waals surface area contributed by atoms with Crippen LogP contribution >= 0.6 is 11.3 Å². The molecule has 2 rings (SSSR count). The Balaban J connectivity index is 1.75. The third kappa shape index (κ3) is 4.18. The Morgan fingerprint density at radius 1 is 1.32 bits per heavy atom. The van der Waals surface area contributed by atoms with Crippen molar-refractivity contribution in [1.29, 1.82) is 0 Å². The lowest BCUT2D eigenvalue weighted by Gasteiger charge is -2.15. The average molecular weight is 277 g/mol. The summed E-state index contributed by atoms with van der Waals surface area (Å²) in [6.07, 6.45) is 3.97. The van der Waals surface area contributed by atoms with Crippen LogP contribution in [0.15, 0.2) is 24.5 Å². The monoisotopic (exact) mass is 277 g/mol. The van der Waals surface area contributed by atoms with Crippen LogP contribution in [0.25, 0.3) is 0 Å². The summed E-state index contributed by atoms with van der Waals surface area (Å²) in [6, 6.07) is 4.48. The molecule has 0 fully saturated rings. The lowest BCUT2D eigenvalue weighted by atomic mass is 9.95. The Hall–Kier alpha value is -1.13. The zero-order valence-electron chi connectivity index (χ0n) is 12.2. The fourth-order valence-electron chi connectivity index (χ4n) is 1.87. The Labute approximate surface area is 119 Å². The van der Waals surface area contributed by atoms with Crippen molar-refractivity contribution < 1.29 is 0 Å². The normalized spacial score (nSPS) is 12.0. The molecule has 0 saturated carbocycles. The third-order valence-electron chi connectivity index (χ3n) is 2.98. The van der Waals surface area contributed by atoms with E-state index in [1.807, 2.05) is 22.2 Å². The van der Waals surface area contributed by atoms with Crippen LogP contribution in [0.3, 0.4) is 0 Å². The van der Waals surface area contributed by atoms with E-state index in [1.165, 1.54) is 15.3 Å². The van der Waals surface area contributed by atoms with Gasteiger partial charge in [0, 0.05) is 29.0 Å². The largest absolute Gasteiger partial charge is 0.310 e. The Bertz CT molecular complexity index is 519. The first-order chi connectivity index (χ1) is 8.95. The molecular formula is C15H23N3S. The summed E-state index contributed by atoms with van der Waals surface area (Å²) in [4.78, 5) is 2.86. The fourth-order valence-corrected chi connectivity index (χ4v) is 2.91. The highest BCUT2D eigenvalue weighted by Crippen LogP contribution is 2.29. The summed E-state index contributed by atoms with van der Waals surface area (Å²) < 4.78 is 1.98. The lowest BCUT2D eigenvalue weighted by Crippen LogP contribution is -2.19. The molecule has 104 valence electrons. The summed E-state index contributed by atoms with van der Waals surface area (Å²) in [5.41, 5.74) is 1.48. The van der Waals surface area contributed by atoms with E-state index in [-0.39, 0.29) is 5.41 Å². The molecule has 0 unspecified atom stereocenters. The van der Waals surface area contributed by atoms with Gasteiger partial charge in [-0.3, -0.25) is 4.68 Å². The fraction of sp³-hybridized carbons (Fsp3) is 0.533. The van der Waals surface area contributed by atoms with Crippen molar-refractivity contribution in [2.24, 2.45) is 0 Å². The van der Waals surface area contributed by atoms with Crippen molar-refractivity contribution in [3.8, 4) is 0 Å². The Morgan fingerprint density at radius 3 is 2.68 bits per heavy atom. The van der Waals surface area contributed by atoms with Gasteiger partial charge in [0.1, 0.15) is 0 Å². The second-order valence-electron chi connectivity index (χ2n) is 5.97. The van der Waals surface area contributed by atoms with Crippen molar-refractivity contribution in [3.05, 3.63) is 39.8 Å².